The van der Waals surface area contributed by atoms with Gasteiger partial charge in [0.25, 0.3) is 0 Å². The van der Waals surface area contributed by atoms with Crippen molar-refractivity contribution in [2.24, 2.45) is 0 Å². The van der Waals surface area contributed by atoms with Crippen molar-refractivity contribution < 1.29 is 13.9 Å². The first-order valence-corrected chi connectivity index (χ1v) is 7.96. The molecule has 1 unspecified atom stereocenters. The van der Waals surface area contributed by atoms with Gasteiger partial charge in [-0.25, -0.2) is 9.18 Å². The van der Waals surface area contributed by atoms with Crippen molar-refractivity contribution in [3.63, 3.8) is 0 Å². The minimum Gasteiger partial charge on any atom is -0.494 e. The lowest BCUT2D eigenvalue weighted by Crippen LogP contribution is -2.31. The van der Waals surface area contributed by atoms with Crippen LogP contribution in [0.5, 0.6) is 5.75 Å². The number of methoxy groups -OCH3 is 1. The van der Waals surface area contributed by atoms with Crippen LogP contribution in [0, 0.1) is 5.82 Å². The second-order valence-corrected chi connectivity index (χ2v) is 5.78. The Morgan fingerprint density at radius 1 is 1.04 bits per heavy atom. The molecule has 0 aliphatic rings. The summed E-state index contributed by atoms with van der Waals surface area (Å²) in [6.45, 7) is 1.79. The van der Waals surface area contributed by atoms with Gasteiger partial charge in [0, 0.05) is 5.69 Å². The predicted octanol–water partition coefficient (Wildman–Crippen LogP) is 4.87. The van der Waals surface area contributed by atoms with E-state index < -0.39 is 5.82 Å². The summed E-state index contributed by atoms with van der Waals surface area (Å²) in [4.78, 5) is 12.2. The van der Waals surface area contributed by atoms with E-state index in [-0.39, 0.29) is 17.8 Å². The number of urea groups is 1. The Bertz CT molecular complexity index is 911. The highest BCUT2D eigenvalue weighted by atomic mass is 19.1. The van der Waals surface area contributed by atoms with E-state index in [1.54, 1.807) is 19.1 Å². The molecule has 0 aromatic heterocycles. The van der Waals surface area contributed by atoms with Crippen LogP contribution in [0.25, 0.3) is 10.8 Å². The molecule has 0 aliphatic carbocycles. The fourth-order valence-electron chi connectivity index (χ4n) is 2.67. The minimum absolute atomic E-state index is 0.177. The zero-order valence-electron chi connectivity index (χ0n) is 14.0. The third kappa shape index (κ3) is 3.88. The Hall–Kier alpha value is -3.08. The lowest BCUT2D eigenvalue weighted by molar-refractivity contribution is 0.249. The van der Waals surface area contributed by atoms with Gasteiger partial charge in [0.1, 0.15) is 0 Å². The lowest BCUT2D eigenvalue weighted by atomic mass is 10.1. The molecule has 0 saturated carbocycles. The smallest absolute Gasteiger partial charge is 0.319 e. The van der Waals surface area contributed by atoms with Gasteiger partial charge in [-0.2, -0.15) is 0 Å². The summed E-state index contributed by atoms with van der Waals surface area (Å²) in [6.07, 6.45) is 0. The van der Waals surface area contributed by atoms with Crippen LogP contribution in [0.1, 0.15) is 18.5 Å². The van der Waals surface area contributed by atoms with E-state index in [4.69, 9.17) is 4.74 Å². The molecule has 5 heteroatoms. The van der Waals surface area contributed by atoms with Crippen LogP contribution >= 0.6 is 0 Å². The molecule has 0 spiro atoms. The number of anilines is 1. The van der Waals surface area contributed by atoms with E-state index in [1.807, 2.05) is 42.5 Å². The first-order chi connectivity index (χ1) is 12.1. The van der Waals surface area contributed by atoms with E-state index in [0.29, 0.717) is 11.3 Å². The molecule has 25 heavy (non-hydrogen) atoms. The Kier molecular flexibility index (Phi) is 4.84. The van der Waals surface area contributed by atoms with Crippen LogP contribution in [0.15, 0.2) is 60.7 Å². The van der Waals surface area contributed by atoms with Gasteiger partial charge in [0.2, 0.25) is 0 Å². The molecular formula is C20H19FN2O2. The Labute approximate surface area is 145 Å². The molecule has 3 aromatic carbocycles. The summed E-state index contributed by atoms with van der Waals surface area (Å²) in [5.74, 6) is -0.278. The Balaban J connectivity index is 1.67. The molecule has 1 atom stereocenters. The SMILES string of the molecule is COc1ccc(C(C)NC(=O)Nc2ccc3ccccc3c2)cc1F. The van der Waals surface area contributed by atoms with Crippen molar-refractivity contribution in [1.82, 2.24) is 5.32 Å². The number of nitrogens with one attached hydrogen (secondary N) is 2. The Morgan fingerprint density at radius 3 is 2.52 bits per heavy atom. The first-order valence-electron chi connectivity index (χ1n) is 7.96. The summed E-state index contributed by atoms with van der Waals surface area (Å²) >= 11 is 0. The summed E-state index contributed by atoms with van der Waals surface area (Å²) in [7, 11) is 1.41. The van der Waals surface area contributed by atoms with Gasteiger partial charge in [-0.15, -0.1) is 0 Å². The van der Waals surface area contributed by atoms with Gasteiger partial charge in [-0.1, -0.05) is 36.4 Å². The van der Waals surface area contributed by atoms with Crippen LogP contribution in [0.3, 0.4) is 0 Å². The molecule has 2 amide bonds. The Morgan fingerprint density at radius 2 is 1.80 bits per heavy atom. The van der Waals surface area contributed by atoms with Crippen LogP contribution in [-0.4, -0.2) is 13.1 Å². The molecule has 0 fully saturated rings. The molecule has 0 saturated heterocycles. The number of hydrogen-bond donors (Lipinski definition) is 2. The average Bonchev–Trinajstić information content (AvgIpc) is 2.61. The summed E-state index contributed by atoms with van der Waals surface area (Å²) < 4.78 is 18.7. The summed E-state index contributed by atoms with van der Waals surface area (Å²) in [5.41, 5.74) is 1.36. The molecule has 0 aliphatic heterocycles. The maximum atomic E-state index is 13.8. The highest BCUT2D eigenvalue weighted by Crippen LogP contribution is 2.22. The third-order valence-electron chi connectivity index (χ3n) is 4.03. The standard InChI is InChI=1S/C20H19FN2O2/c1-13(15-8-10-19(25-2)18(21)12-15)22-20(24)23-17-9-7-14-5-3-4-6-16(14)11-17/h3-13H,1-2H3,(H2,22,23,24). The van der Waals surface area contributed by atoms with Crippen molar-refractivity contribution in [3.05, 3.63) is 72.0 Å². The van der Waals surface area contributed by atoms with Crippen molar-refractivity contribution >= 4 is 22.5 Å². The number of benzene rings is 3. The van der Waals surface area contributed by atoms with Crippen LogP contribution < -0.4 is 15.4 Å². The van der Waals surface area contributed by atoms with Crippen molar-refractivity contribution in [2.75, 3.05) is 12.4 Å². The zero-order chi connectivity index (χ0) is 17.8. The number of amides is 2. The van der Waals surface area contributed by atoms with Crippen molar-refractivity contribution in [1.29, 1.82) is 0 Å². The van der Waals surface area contributed by atoms with Gasteiger partial charge < -0.3 is 15.4 Å². The van der Waals surface area contributed by atoms with E-state index in [0.717, 1.165) is 10.8 Å². The molecular weight excluding hydrogens is 319 g/mol. The van der Waals surface area contributed by atoms with Gasteiger partial charge in [0.15, 0.2) is 11.6 Å². The molecule has 4 nitrogen and oxygen atoms in total. The minimum atomic E-state index is -0.455. The zero-order valence-corrected chi connectivity index (χ0v) is 14.0. The number of hydrogen-bond acceptors (Lipinski definition) is 2. The lowest BCUT2D eigenvalue weighted by Gasteiger charge is -2.16. The topological polar surface area (TPSA) is 50.4 Å². The van der Waals surface area contributed by atoms with Gasteiger partial charge in [-0.3, -0.25) is 0 Å². The monoisotopic (exact) mass is 338 g/mol. The molecule has 3 rings (SSSR count). The van der Waals surface area contributed by atoms with Gasteiger partial charge in [-0.05, 0) is 47.5 Å². The van der Waals surface area contributed by atoms with Crippen molar-refractivity contribution in [2.45, 2.75) is 13.0 Å². The average molecular weight is 338 g/mol. The normalized spacial score (nSPS) is 11.8. The number of rotatable bonds is 4. The summed E-state index contributed by atoms with van der Waals surface area (Å²) in [6, 6.07) is 17.6. The van der Waals surface area contributed by atoms with Crippen LogP contribution in [0.4, 0.5) is 14.9 Å². The quantitative estimate of drug-likeness (QED) is 0.713. The van der Waals surface area contributed by atoms with E-state index in [2.05, 4.69) is 10.6 Å². The first kappa shape index (κ1) is 16.8. The second kappa shape index (κ2) is 7.21. The third-order valence-corrected chi connectivity index (χ3v) is 4.03. The van der Waals surface area contributed by atoms with Crippen LogP contribution in [-0.2, 0) is 0 Å². The van der Waals surface area contributed by atoms with Gasteiger partial charge in [0.05, 0.1) is 13.2 Å². The van der Waals surface area contributed by atoms with E-state index in [9.17, 15) is 9.18 Å². The fraction of sp³-hybridized carbons (Fsp3) is 0.150. The number of carbonyl (C=O) groups excluding carboxylic acids is 1. The summed E-state index contributed by atoms with van der Waals surface area (Å²) in [5, 5.41) is 7.76. The number of halogens is 1. The van der Waals surface area contributed by atoms with Crippen LogP contribution in [0.2, 0.25) is 0 Å². The fourth-order valence-corrected chi connectivity index (χ4v) is 2.67. The molecule has 3 aromatic rings. The highest BCUT2D eigenvalue weighted by Gasteiger charge is 2.12. The molecule has 128 valence electrons. The second-order valence-electron chi connectivity index (χ2n) is 5.78. The molecule has 0 heterocycles. The molecule has 0 bridgehead atoms. The number of fused-ring (bicyclic) bond motifs is 1. The molecule has 2 N–H and O–H groups in total. The van der Waals surface area contributed by atoms with Crippen molar-refractivity contribution in [3.8, 4) is 5.75 Å². The van der Waals surface area contributed by atoms with E-state index in [1.165, 1.54) is 13.2 Å². The van der Waals surface area contributed by atoms with E-state index >= 15 is 0 Å². The van der Waals surface area contributed by atoms with Gasteiger partial charge >= 0.3 is 6.03 Å². The molecule has 0 radical (unpaired) electrons. The predicted molar refractivity (Wildman–Crippen MR) is 97.5 cm³/mol. The highest BCUT2D eigenvalue weighted by molar-refractivity contribution is 5.93. The largest absolute Gasteiger partial charge is 0.494 e. The maximum absolute atomic E-state index is 13.8. The number of carbonyl (C=O) groups is 1. The number of ether oxygens (including phenoxy) is 1. The maximum Gasteiger partial charge on any atom is 0.319 e.